The first-order valence-electron chi connectivity index (χ1n) is 6.03. The molecule has 2 rings (SSSR count). The Bertz CT molecular complexity index is 600. The monoisotopic (exact) mass is 296 g/mol. The van der Waals surface area contributed by atoms with E-state index in [9.17, 15) is 4.79 Å². The number of Topliss-reactive ketones (excluding diaryl/α,β-unsaturated/α-hetero) is 1. The topological polar surface area (TPSA) is 34.9 Å². The fourth-order valence-corrected chi connectivity index (χ4v) is 2.64. The van der Waals surface area contributed by atoms with E-state index in [0.717, 1.165) is 17.9 Å². The maximum absolute atomic E-state index is 12.3. The zero-order chi connectivity index (χ0) is 14.0. The van der Waals surface area contributed by atoms with Crippen LogP contribution in [0.15, 0.2) is 24.3 Å². The minimum atomic E-state index is -0.0924. The Balaban J connectivity index is 2.31. The summed E-state index contributed by atoms with van der Waals surface area (Å²) < 4.78 is 1.82. The van der Waals surface area contributed by atoms with Gasteiger partial charge in [-0.15, -0.1) is 0 Å². The molecule has 1 aromatic heterocycles. The smallest absolute Gasteiger partial charge is 0.171 e. The number of rotatable bonds is 4. The van der Waals surface area contributed by atoms with Gasteiger partial charge >= 0.3 is 0 Å². The molecule has 1 heterocycles. The molecule has 0 aliphatic rings. The van der Waals surface area contributed by atoms with Gasteiger partial charge in [0.05, 0.1) is 27.7 Å². The molecule has 0 bridgehead atoms. The molecule has 1 aromatic carbocycles. The van der Waals surface area contributed by atoms with E-state index in [2.05, 4.69) is 5.10 Å². The molecule has 19 heavy (non-hydrogen) atoms. The largest absolute Gasteiger partial charge is 0.294 e. The molecule has 0 aliphatic heterocycles. The predicted molar refractivity (Wildman–Crippen MR) is 77.1 cm³/mol. The van der Waals surface area contributed by atoms with Gasteiger partial charge in [0, 0.05) is 12.2 Å². The Morgan fingerprint density at radius 1 is 1.32 bits per heavy atom. The number of aryl methyl sites for hydroxylation is 2. The molecule has 100 valence electrons. The summed E-state index contributed by atoms with van der Waals surface area (Å²) in [5.41, 5.74) is 2.16. The maximum atomic E-state index is 12.3. The number of carbonyl (C=O) groups is 1. The highest BCUT2D eigenvalue weighted by Crippen LogP contribution is 2.25. The van der Waals surface area contributed by atoms with Gasteiger partial charge in [0.15, 0.2) is 5.78 Å². The van der Waals surface area contributed by atoms with Gasteiger partial charge < -0.3 is 0 Å². The van der Waals surface area contributed by atoms with Crippen molar-refractivity contribution >= 4 is 29.0 Å². The van der Waals surface area contributed by atoms with Crippen molar-refractivity contribution in [2.24, 2.45) is 0 Å². The molecule has 2 aromatic rings. The molecule has 0 saturated carbocycles. The molecule has 5 heteroatoms. The Kier molecular flexibility index (Phi) is 4.27. The van der Waals surface area contributed by atoms with E-state index in [0.29, 0.717) is 15.6 Å². The van der Waals surface area contributed by atoms with Crippen LogP contribution < -0.4 is 0 Å². The van der Waals surface area contributed by atoms with Crippen LogP contribution in [0.3, 0.4) is 0 Å². The fourth-order valence-electron chi connectivity index (χ4n) is 2.03. The molecule has 0 radical (unpaired) electrons. The van der Waals surface area contributed by atoms with E-state index in [1.165, 1.54) is 0 Å². The Morgan fingerprint density at radius 2 is 1.95 bits per heavy atom. The minimum Gasteiger partial charge on any atom is -0.294 e. The van der Waals surface area contributed by atoms with E-state index in [4.69, 9.17) is 23.2 Å². The lowest BCUT2D eigenvalue weighted by molar-refractivity contribution is 0.0991. The van der Waals surface area contributed by atoms with E-state index in [1.807, 2.05) is 24.6 Å². The highest BCUT2D eigenvalue weighted by Gasteiger charge is 2.17. The molecule has 0 unspecified atom stereocenters. The first-order valence-corrected chi connectivity index (χ1v) is 6.79. The number of benzene rings is 1. The highest BCUT2D eigenvalue weighted by molar-refractivity contribution is 6.39. The van der Waals surface area contributed by atoms with Crippen LogP contribution in [-0.2, 0) is 13.0 Å². The summed E-state index contributed by atoms with van der Waals surface area (Å²) in [4.78, 5) is 12.3. The maximum Gasteiger partial charge on any atom is 0.171 e. The minimum absolute atomic E-state index is 0.0924. The molecule has 0 fully saturated rings. The van der Waals surface area contributed by atoms with Gasteiger partial charge in [-0.2, -0.15) is 5.10 Å². The zero-order valence-electron chi connectivity index (χ0n) is 10.8. The van der Waals surface area contributed by atoms with Crippen molar-refractivity contribution in [3.8, 4) is 0 Å². The second-order valence-corrected chi connectivity index (χ2v) is 5.10. The van der Waals surface area contributed by atoms with Crippen LogP contribution in [0.25, 0.3) is 0 Å². The third-order valence-electron chi connectivity index (χ3n) is 2.87. The lowest BCUT2D eigenvalue weighted by Crippen LogP contribution is -2.10. The normalized spacial score (nSPS) is 10.7. The van der Waals surface area contributed by atoms with Crippen molar-refractivity contribution in [3.63, 3.8) is 0 Å². The second kappa shape index (κ2) is 5.76. The summed E-state index contributed by atoms with van der Waals surface area (Å²) in [6.07, 6.45) is 0.248. The summed E-state index contributed by atoms with van der Waals surface area (Å²) in [5, 5.41) is 5.09. The number of aromatic nitrogens is 2. The first kappa shape index (κ1) is 14.1. The standard InChI is InChI=1S/C14H14Cl2N2O/c1-3-18-10(7-9(2)17-18)8-13(19)14-11(15)5-4-6-12(14)16/h4-7H,3,8H2,1-2H3. The number of ketones is 1. The van der Waals surface area contributed by atoms with E-state index in [-0.39, 0.29) is 12.2 Å². The quantitative estimate of drug-likeness (QED) is 0.801. The van der Waals surface area contributed by atoms with E-state index < -0.39 is 0 Å². The van der Waals surface area contributed by atoms with Gasteiger partial charge in [0.1, 0.15) is 0 Å². The summed E-state index contributed by atoms with van der Waals surface area (Å²) >= 11 is 12.1. The van der Waals surface area contributed by atoms with Crippen molar-refractivity contribution in [2.45, 2.75) is 26.8 Å². The van der Waals surface area contributed by atoms with Crippen molar-refractivity contribution < 1.29 is 4.79 Å². The molecule has 3 nitrogen and oxygen atoms in total. The number of hydrogen-bond donors (Lipinski definition) is 0. The van der Waals surface area contributed by atoms with Crippen LogP contribution in [0.4, 0.5) is 0 Å². The van der Waals surface area contributed by atoms with Gasteiger partial charge in [-0.05, 0) is 32.0 Å². The summed E-state index contributed by atoms with van der Waals surface area (Å²) in [6.45, 7) is 4.62. The number of halogens is 2. The Morgan fingerprint density at radius 3 is 2.53 bits per heavy atom. The van der Waals surface area contributed by atoms with Crippen molar-refractivity contribution in [1.29, 1.82) is 0 Å². The SMILES string of the molecule is CCn1nc(C)cc1CC(=O)c1c(Cl)cccc1Cl. The summed E-state index contributed by atoms with van der Waals surface area (Å²) in [7, 11) is 0. The molecule has 0 atom stereocenters. The Hall–Kier alpha value is -1.32. The van der Waals surface area contributed by atoms with Crippen LogP contribution in [0.1, 0.15) is 28.7 Å². The molecule has 0 spiro atoms. The molecule has 0 aliphatic carbocycles. The van der Waals surface area contributed by atoms with Crippen molar-refractivity contribution in [1.82, 2.24) is 9.78 Å². The van der Waals surface area contributed by atoms with E-state index >= 15 is 0 Å². The fraction of sp³-hybridized carbons (Fsp3) is 0.286. The number of hydrogen-bond acceptors (Lipinski definition) is 2. The van der Waals surface area contributed by atoms with E-state index in [1.54, 1.807) is 18.2 Å². The van der Waals surface area contributed by atoms with Crippen LogP contribution in [-0.4, -0.2) is 15.6 Å². The van der Waals surface area contributed by atoms with Gasteiger partial charge in [0.2, 0.25) is 0 Å². The van der Waals surface area contributed by atoms with Crippen molar-refractivity contribution in [3.05, 3.63) is 51.3 Å². The summed E-state index contributed by atoms with van der Waals surface area (Å²) in [5.74, 6) is -0.0924. The lowest BCUT2D eigenvalue weighted by Gasteiger charge is -2.07. The van der Waals surface area contributed by atoms with Gasteiger partial charge in [-0.3, -0.25) is 9.48 Å². The first-order chi connectivity index (χ1) is 9.02. The lowest BCUT2D eigenvalue weighted by atomic mass is 10.1. The molecule has 0 amide bonds. The molecular weight excluding hydrogens is 283 g/mol. The molecule has 0 N–H and O–H groups in total. The van der Waals surface area contributed by atoms with Crippen LogP contribution in [0.2, 0.25) is 10.0 Å². The molecular formula is C14H14Cl2N2O. The van der Waals surface area contributed by atoms with Crippen LogP contribution in [0.5, 0.6) is 0 Å². The zero-order valence-corrected chi connectivity index (χ0v) is 12.3. The predicted octanol–water partition coefficient (Wildman–Crippen LogP) is 3.94. The third kappa shape index (κ3) is 2.99. The van der Waals surface area contributed by atoms with Gasteiger partial charge in [-0.1, -0.05) is 29.3 Å². The Labute approximate surface area is 122 Å². The average molecular weight is 297 g/mol. The number of nitrogens with zero attached hydrogens (tertiary/aromatic N) is 2. The summed E-state index contributed by atoms with van der Waals surface area (Å²) in [6, 6.07) is 6.97. The van der Waals surface area contributed by atoms with Crippen LogP contribution in [0, 0.1) is 6.92 Å². The molecule has 0 saturated heterocycles. The average Bonchev–Trinajstić information content (AvgIpc) is 2.69. The highest BCUT2D eigenvalue weighted by atomic mass is 35.5. The van der Waals surface area contributed by atoms with Gasteiger partial charge in [0.25, 0.3) is 0 Å². The third-order valence-corrected chi connectivity index (χ3v) is 3.50. The second-order valence-electron chi connectivity index (χ2n) is 4.29. The van der Waals surface area contributed by atoms with Gasteiger partial charge in [-0.25, -0.2) is 0 Å². The van der Waals surface area contributed by atoms with Crippen molar-refractivity contribution in [2.75, 3.05) is 0 Å². The van der Waals surface area contributed by atoms with Crippen LogP contribution >= 0.6 is 23.2 Å². The number of carbonyl (C=O) groups excluding carboxylic acids is 1.